The molecule has 90 valence electrons. The van der Waals surface area contributed by atoms with E-state index in [9.17, 15) is 18.0 Å². The van der Waals surface area contributed by atoms with Gasteiger partial charge in [-0.25, -0.2) is 0 Å². The summed E-state index contributed by atoms with van der Waals surface area (Å²) in [6.07, 6.45) is -4.48. The molecular formula is C11H7BrF3NO. The van der Waals surface area contributed by atoms with Gasteiger partial charge in [0, 0.05) is 11.1 Å². The average molecular weight is 306 g/mol. The number of benzene rings is 1. The third-order valence-corrected chi connectivity index (χ3v) is 3.41. The maximum atomic E-state index is 12.7. The molecule has 1 heterocycles. The van der Waals surface area contributed by atoms with Crippen LogP contribution in [0.1, 0.15) is 11.3 Å². The number of hydrogen-bond donors (Lipinski definition) is 1. The molecule has 0 radical (unpaired) electrons. The van der Waals surface area contributed by atoms with Gasteiger partial charge in [0.2, 0.25) is 5.43 Å². The van der Waals surface area contributed by atoms with Gasteiger partial charge in [0.15, 0.2) is 0 Å². The van der Waals surface area contributed by atoms with Gasteiger partial charge < -0.3 is 4.98 Å². The number of aryl methyl sites for hydroxylation is 1. The fourth-order valence-electron chi connectivity index (χ4n) is 1.64. The number of nitrogens with one attached hydrogen (secondary N) is 1. The minimum absolute atomic E-state index is 0.0253. The summed E-state index contributed by atoms with van der Waals surface area (Å²) in [5.74, 6) is 0. The fourth-order valence-corrected chi connectivity index (χ4v) is 1.96. The van der Waals surface area contributed by atoms with Crippen LogP contribution in [0.2, 0.25) is 0 Å². The van der Waals surface area contributed by atoms with E-state index < -0.39 is 17.2 Å². The molecule has 0 saturated carbocycles. The number of para-hydroxylation sites is 1. The molecule has 0 atom stereocenters. The standard InChI is InChI=1S/C11H7BrF3NO/c1-5-8(12)10(17)6-3-2-4-7(9(6)16-5)11(13,14)15/h2-4H,1H3,(H,16,17). The van der Waals surface area contributed by atoms with E-state index in [1.165, 1.54) is 19.1 Å². The molecule has 0 spiro atoms. The van der Waals surface area contributed by atoms with Crippen molar-refractivity contribution in [2.24, 2.45) is 0 Å². The Labute approximate surface area is 103 Å². The highest BCUT2D eigenvalue weighted by Gasteiger charge is 2.33. The normalized spacial score (nSPS) is 12.1. The smallest absolute Gasteiger partial charge is 0.357 e. The van der Waals surface area contributed by atoms with Crippen LogP contribution in [0.5, 0.6) is 0 Å². The van der Waals surface area contributed by atoms with Crippen molar-refractivity contribution in [1.29, 1.82) is 0 Å². The van der Waals surface area contributed by atoms with E-state index in [-0.39, 0.29) is 15.4 Å². The zero-order valence-electron chi connectivity index (χ0n) is 8.65. The van der Waals surface area contributed by atoms with Gasteiger partial charge in [-0.1, -0.05) is 6.07 Å². The zero-order valence-corrected chi connectivity index (χ0v) is 10.2. The summed E-state index contributed by atoms with van der Waals surface area (Å²) in [5, 5.41) is 0.0253. The number of pyridine rings is 1. The molecule has 17 heavy (non-hydrogen) atoms. The summed E-state index contributed by atoms with van der Waals surface area (Å²) in [7, 11) is 0. The van der Waals surface area contributed by atoms with Crippen LogP contribution >= 0.6 is 15.9 Å². The van der Waals surface area contributed by atoms with Crippen molar-refractivity contribution in [3.63, 3.8) is 0 Å². The SMILES string of the molecule is Cc1[nH]c2c(C(F)(F)F)cccc2c(=O)c1Br. The quantitative estimate of drug-likeness (QED) is 0.792. The number of hydrogen-bond acceptors (Lipinski definition) is 1. The highest BCUT2D eigenvalue weighted by molar-refractivity contribution is 9.10. The minimum atomic E-state index is -4.48. The predicted octanol–water partition coefficient (Wildman–Crippen LogP) is 3.62. The molecule has 1 aromatic carbocycles. The van der Waals surface area contributed by atoms with E-state index in [4.69, 9.17) is 0 Å². The molecular weight excluding hydrogens is 299 g/mol. The second-order valence-electron chi connectivity index (χ2n) is 3.62. The first-order valence-electron chi connectivity index (χ1n) is 4.70. The van der Waals surface area contributed by atoms with Gasteiger partial charge in [0.1, 0.15) is 0 Å². The van der Waals surface area contributed by atoms with E-state index in [1.807, 2.05) is 0 Å². The maximum absolute atomic E-state index is 12.7. The number of halogens is 4. The van der Waals surface area contributed by atoms with Crippen LogP contribution in [0, 0.1) is 6.92 Å². The lowest BCUT2D eigenvalue weighted by Crippen LogP contribution is -2.12. The summed E-state index contributed by atoms with van der Waals surface area (Å²) in [5.41, 5.74) is -1.07. The largest absolute Gasteiger partial charge is 0.418 e. The van der Waals surface area contributed by atoms with Crippen molar-refractivity contribution in [3.05, 3.63) is 44.2 Å². The Kier molecular flexibility index (Phi) is 2.77. The van der Waals surface area contributed by atoms with Crippen molar-refractivity contribution in [2.45, 2.75) is 13.1 Å². The number of aromatic amines is 1. The number of aromatic nitrogens is 1. The summed E-state index contributed by atoms with van der Waals surface area (Å²) in [4.78, 5) is 14.4. The molecule has 0 aliphatic rings. The van der Waals surface area contributed by atoms with Gasteiger partial charge in [0.05, 0.1) is 15.6 Å². The van der Waals surface area contributed by atoms with Crippen LogP contribution in [-0.4, -0.2) is 4.98 Å². The van der Waals surface area contributed by atoms with Gasteiger partial charge >= 0.3 is 6.18 Å². The lowest BCUT2D eigenvalue weighted by molar-refractivity contribution is -0.136. The van der Waals surface area contributed by atoms with Crippen molar-refractivity contribution in [2.75, 3.05) is 0 Å². The van der Waals surface area contributed by atoms with Gasteiger partial charge in [0.25, 0.3) is 0 Å². The third-order valence-electron chi connectivity index (χ3n) is 2.46. The van der Waals surface area contributed by atoms with Crippen LogP contribution < -0.4 is 5.43 Å². The Hall–Kier alpha value is -1.30. The van der Waals surface area contributed by atoms with Crippen molar-refractivity contribution in [3.8, 4) is 0 Å². The first-order valence-corrected chi connectivity index (χ1v) is 5.50. The van der Waals surface area contributed by atoms with E-state index in [0.29, 0.717) is 5.69 Å². The van der Waals surface area contributed by atoms with Gasteiger partial charge in [-0.15, -0.1) is 0 Å². The molecule has 1 N–H and O–H groups in total. The van der Waals surface area contributed by atoms with Gasteiger partial charge in [-0.3, -0.25) is 4.79 Å². The number of H-pyrrole nitrogens is 1. The van der Waals surface area contributed by atoms with Crippen molar-refractivity contribution < 1.29 is 13.2 Å². The van der Waals surface area contributed by atoms with Crippen LogP contribution in [0.3, 0.4) is 0 Å². The average Bonchev–Trinajstić information content (AvgIpc) is 2.24. The fraction of sp³-hybridized carbons (Fsp3) is 0.182. The third kappa shape index (κ3) is 1.97. The van der Waals surface area contributed by atoms with Crippen molar-refractivity contribution >= 4 is 26.8 Å². The van der Waals surface area contributed by atoms with E-state index in [2.05, 4.69) is 20.9 Å². The number of rotatable bonds is 0. The van der Waals surface area contributed by atoms with Crippen LogP contribution in [0.4, 0.5) is 13.2 Å². The summed E-state index contributed by atoms with van der Waals surface area (Å²) < 4.78 is 38.5. The molecule has 2 aromatic rings. The second kappa shape index (κ2) is 3.87. The highest BCUT2D eigenvalue weighted by Crippen LogP contribution is 2.33. The number of fused-ring (bicyclic) bond motifs is 1. The summed E-state index contributed by atoms with van der Waals surface area (Å²) >= 11 is 3.05. The van der Waals surface area contributed by atoms with E-state index >= 15 is 0 Å². The molecule has 0 aliphatic heterocycles. The lowest BCUT2D eigenvalue weighted by Gasteiger charge is -2.11. The Morgan fingerprint density at radius 3 is 2.53 bits per heavy atom. The van der Waals surface area contributed by atoms with Crippen LogP contribution in [0.15, 0.2) is 27.5 Å². The topological polar surface area (TPSA) is 32.9 Å². The molecule has 0 amide bonds. The van der Waals surface area contributed by atoms with Crippen LogP contribution in [0.25, 0.3) is 10.9 Å². The molecule has 0 bridgehead atoms. The summed E-state index contributed by atoms with van der Waals surface area (Å²) in [6, 6.07) is 3.54. The molecule has 1 aromatic heterocycles. The predicted molar refractivity (Wildman–Crippen MR) is 62.0 cm³/mol. The minimum Gasteiger partial charge on any atom is -0.357 e. The molecule has 2 rings (SSSR count). The first kappa shape index (κ1) is 12.2. The Bertz CT molecular complexity index is 645. The second-order valence-corrected chi connectivity index (χ2v) is 4.41. The zero-order chi connectivity index (χ0) is 12.8. The highest BCUT2D eigenvalue weighted by atomic mass is 79.9. The van der Waals surface area contributed by atoms with E-state index in [1.54, 1.807) is 0 Å². The molecule has 6 heteroatoms. The number of alkyl halides is 3. The van der Waals surface area contributed by atoms with Gasteiger partial charge in [-0.05, 0) is 35.0 Å². The summed E-state index contributed by atoms with van der Waals surface area (Å²) in [6.45, 7) is 1.54. The van der Waals surface area contributed by atoms with Crippen molar-refractivity contribution in [1.82, 2.24) is 4.98 Å². The van der Waals surface area contributed by atoms with E-state index in [0.717, 1.165) is 6.07 Å². The molecule has 0 fully saturated rings. The van der Waals surface area contributed by atoms with Gasteiger partial charge in [-0.2, -0.15) is 13.2 Å². The molecule has 2 nitrogen and oxygen atoms in total. The van der Waals surface area contributed by atoms with Crippen LogP contribution in [-0.2, 0) is 6.18 Å². The first-order chi connectivity index (χ1) is 7.82. The lowest BCUT2D eigenvalue weighted by atomic mass is 10.1. The Morgan fingerprint density at radius 2 is 1.94 bits per heavy atom. The Morgan fingerprint density at radius 1 is 1.29 bits per heavy atom. The molecule has 0 unspecified atom stereocenters. The Balaban J connectivity index is 2.97. The maximum Gasteiger partial charge on any atom is 0.418 e. The molecule has 0 aliphatic carbocycles. The monoisotopic (exact) mass is 305 g/mol. The molecule has 0 saturated heterocycles.